The zero-order chi connectivity index (χ0) is 19.3. The molecule has 0 radical (unpaired) electrons. The molecule has 0 spiro atoms. The Morgan fingerprint density at radius 2 is 1.75 bits per heavy atom. The lowest BCUT2D eigenvalue weighted by Gasteiger charge is -2.35. The van der Waals surface area contributed by atoms with Crippen molar-refractivity contribution in [2.45, 2.75) is 0 Å². The van der Waals surface area contributed by atoms with Gasteiger partial charge in [0.15, 0.2) is 5.13 Å². The first-order valence-electron chi connectivity index (χ1n) is 9.21. The molecule has 1 saturated heterocycles. The van der Waals surface area contributed by atoms with Crippen molar-refractivity contribution in [3.63, 3.8) is 0 Å². The summed E-state index contributed by atoms with van der Waals surface area (Å²) in [6, 6.07) is 16.5. The molecule has 5 nitrogen and oxygen atoms in total. The molecule has 2 heterocycles. The van der Waals surface area contributed by atoms with Crippen LogP contribution in [0.1, 0.15) is 0 Å². The zero-order valence-electron chi connectivity index (χ0n) is 15.3. The molecule has 0 bridgehead atoms. The fourth-order valence-corrected chi connectivity index (χ4v) is 3.99. The van der Waals surface area contributed by atoms with Gasteiger partial charge in [0.2, 0.25) is 5.91 Å². The highest BCUT2D eigenvalue weighted by molar-refractivity contribution is 7.14. The highest BCUT2D eigenvalue weighted by atomic mass is 32.1. The van der Waals surface area contributed by atoms with Crippen molar-refractivity contribution in [3.8, 4) is 11.3 Å². The fraction of sp³-hybridized carbons (Fsp3) is 0.238. The quantitative estimate of drug-likeness (QED) is 0.714. The summed E-state index contributed by atoms with van der Waals surface area (Å²) in [6.45, 7) is 3.55. The molecule has 1 N–H and O–H groups in total. The Bertz CT molecular complexity index is 921. The van der Waals surface area contributed by atoms with Gasteiger partial charge >= 0.3 is 0 Å². The molecule has 0 atom stereocenters. The average Bonchev–Trinajstić information content (AvgIpc) is 3.18. The van der Waals surface area contributed by atoms with Crippen LogP contribution in [0.4, 0.5) is 15.2 Å². The molecule has 0 unspecified atom stereocenters. The summed E-state index contributed by atoms with van der Waals surface area (Å²) in [6.07, 6.45) is 0. The van der Waals surface area contributed by atoms with Crippen molar-refractivity contribution in [2.24, 2.45) is 0 Å². The van der Waals surface area contributed by atoms with E-state index in [1.165, 1.54) is 23.5 Å². The number of hydrogen-bond acceptors (Lipinski definition) is 5. The molecule has 7 heteroatoms. The minimum absolute atomic E-state index is 0.0517. The zero-order valence-corrected chi connectivity index (χ0v) is 16.2. The molecular weight excluding hydrogens is 375 g/mol. The number of benzene rings is 2. The maximum atomic E-state index is 13.1. The standard InChI is InChI=1S/C21H21FN4OS/c22-17-6-8-18(9-7-17)26-12-10-25(11-13-26)14-20(27)24-21-23-19(15-28-21)16-4-2-1-3-5-16/h1-9,15H,10-14H2,(H,23,24,27). The average molecular weight is 396 g/mol. The van der Waals surface area contributed by atoms with Crippen LogP contribution < -0.4 is 10.2 Å². The summed E-state index contributed by atoms with van der Waals surface area (Å²) < 4.78 is 13.1. The van der Waals surface area contributed by atoms with Crippen molar-refractivity contribution in [3.05, 3.63) is 65.8 Å². The van der Waals surface area contributed by atoms with E-state index in [1.54, 1.807) is 12.1 Å². The number of thiazole rings is 1. The molecule has 0 saturated carbocycles. The summed E-state index contributed by atoms with van der Waals surface area (Å²) in [7, 11) is 0. The molecule has 1 aliphatic heterocycles. The second-order valence-corrected chi connectivity index (χ2v) is 7.55. The van der Waals surface area contributed by atoms with E-state index in [1.807, 2.05) is 35.7 Å². The van der Waals surface area contributed by atoms with Crippen molar-refractivity contribution >= 4 is 28.1 Å². The van der Waals surface area contributed by atoms with E-state index < -0.39 is 0 Å². The van der Waals surface area contributed by atoms with E-state index in [4.69, 9.17) is 0 Å². The van der Waals surface area contributed by atoms with Crippen LogP contribution in [0.15, 0.2) is 60.0 Å². The van der Waals surface area contributed by atoms with Crippen LogP contribution in [0.3, 0.4) is 0 Å². The molecule has 0 aliphatic carbocycles. The van der Waals surface area contributed by atoms with E-state index in [9.17, 15) is 9.18 Å². The Kier molecular flexibility index (Phi) is 5.64. The summed E-state index contributed by atoms with van der Waals surface area (Å²) in [5.74, 6) is -0.277. The summed E-state index contributed by atoms with van der Waals surface area (Å²) in [5.41, 5.74) is 2.92. The minimum atomic E-state index is -0.225. The number of aromatic nitrogens is 1. The highest BCUT2D eigenvalue weighted by Crippen LogP contribution is 2.24. The Hall–Kier alpha value is -2.77. The number of carbonyl (C=O) groups is 1. The van der Waals surface area contributed by atoms with Gasteiger partial charge in [0.1, 0.15) is 5.82 Å². The first-order chi connectivity index (χ1) is 13.7. The van der Waals surface area contributed by atoms with Gasteiger partial charge in [0, 0.05) is 42.8 Å². The number of amides is 1. The van der Waals surface area contributed by atoms with E-state index in [-0.39, 0.29) is 11.7 Å². The molecule has 144 valence electrons. The lowest BCUT2D eigenvalue weighted by atomic mass is 10.2. The van der Waals surface area contributed by atoms with Gasteiger partial charge in [-0.25, -0.2) is 9.37 Å². The van der Waals surface area contributed by atoms with Crippen LogP contribution in [0, 0.1) is 5.82 Å². The lowest BCUT2D eigenvalue weighted by Crippen LogP contribution is -2.48. The Balaban J connectivity index is 1.27. The molecule has 1 amide bonds. The van der Waals surface area contributed by atoms with Crippen molar-refractivity contribution in [1.82, 2.24) is 9.88 Å². The number of anilines is 2. The highest BCUT2D eigenvalue weighted by Gasteiger charge is 2.19. The molecule has 1 aromatic heterocycles. The van der Waals surface area contributed by atoms with E-state index >= 15 is 0 Å². The van der Waals surface area contributed by atoms with Crippen LogP contribution in [0.5, 0.6) is 0 Å². The largest absolute Gasteiger partial charge is 0.369 e. The van der Waals surface area contributed by atoms with Gasteiger partial charge < -0.3 is 10.2 Å². The number of carbonyl (C=O) groups excluding carboxylic acids is 1. The molecule has 4 rings (SSSR count). The molecule has 1 aliphatic rings. The third-order valence-electron chi connectivity index (χ3n) is 4.75. The van der Waals surface area contributed by atoms with Gasteiger partial charge in [-0.05, 0) is 24.3 Å². The minimum Gasteiger partial charge on any atom is -0.369 e. The third kappa shape index (κ3) is 4.55. The summed E-state index contributed by atoms with van der Waals surface area (Å²) in [4.78, 5) is 21.2. The second-order valence-electron chi connectivity index (χ2n) is 6.69. The second kappa shape index (κ2) is 8.50. The number of nitrogens with zero attached hydrogens (tertiary/aromatic N) is 3. The number of nitrogens with one attached hydrogen (secondary N) is 1. The normalized spacial score (nSPS) is 14.8. The summed E-state index contributed by atoms with van der Waals surface area (Å²) in [5, 5.41) is 5.47. The number of halogens is 1. The van der Waals surface area contributed by atoms with Crippen LogP contribution in [-0.4, -0.2) is 48.5 Å². The Labute approximate surface area is 167 Å². The predicted octanol–water partition coefficient (Wildman–Crippen LogP) is 3.71. The van der Waals surface area contributed by atoms with Gasteiger partial charge in [-0.15, -0.1) is 11.3 Å². The first-order valence-corrected chi connectivity index (χ1v) is 10.1. The van der Waals surface area contributed by atoms with Gasteiger partial charge in [-0.2, -0.15) is 0 Å². The molecule has 28 heavy (non-hydrogen) atoms. The number of hydrogen-bond donors (Lipinski definition) is 1. The van der Waals surface area contributed by atoms with Crippen LogP contribution in [0.25, 0.3) is 11.3 Å². The maximum absolute atomic E-state index is 13.1. The third-order valence-corrected chi connectivity index (χ3v) is 5.51. The van der Waals surface area contributed by atoms with E-state index in [0.717, 1.165) is 43.1 Å². The fourth-order valence-electron chi connectivity index (χ4n) is 3.25. The molecular formula is C21H21FN4OS. The molecule has 2 aromatic carbocycles. The smallest absolute Gasteiger partial charge is 0.240 e. The van der Waals surface area contributed by atoms with Crippen molar-refractivity contribution < 1.29 is 9.18 Å². The van der Waals surface area contributed by atoms with Crippen molar-refractivity contribution in [1.29, 1.82) is 0 Å². The number of piperazine rings is 1. The van der Waals surface area contributed by atoms with Gasteiger partial charge in [-0.3, -0.25) is 9.69 Å². The van der Waals surface area contributed by atoms with Gasteiger partial charge in [0.25, 0.3) is 0 Å². The monoisotopic (exact) mass is 396 g/mol. The van der Waals surface area contributed by atoms with E-state index in [0.29, 0.717) is 11.7 Å². The van der Waals surface area contributed by atoms with Gasteiger partial charge in [0.05, 0.1) is 12.2 Å². The lowest BCUT2D eigenvalue weighted by molar-refractivity contribution is -0.117. The molecule has 3 aromatic rings. The van der Waals surface area contributed by atoms with Crippen LogP contribution >= 0.6 is 11.3 Å². The predicted molar refractivity (Wildman–Crippen MR) is 111 cm³/mol. The van der Waals surface area contributed by atoms with Gasteiger partial charge in [-0.1, -0.05) is 30.3 Å². The SMILES string of the molecule is O=C(CN1CCN(c2ccc(F)cc2)CC1)Nc1nc(-c2ccccc2)cs1. The Morgan fingerprint density at radius 3 is 2.46 bits per heavy atom. The number of rotatable bonds is 5. The molecule has 1 fully saturated rings. The van der Waals surface area contributed by atoms with Crippen molar-refractivity contribution in [2.75, 3.05) is 42.9 Å². The first kappa shape index (κ1) is 18.6. The van der Waals surface area contributed by atoms with Crippen LogP contribution in [0.2, 0.25) is 0 Å². The summed E-state index contributed by atoms with van der Waals surface area (Å²) >= 11 is 1.43. The Morgan fingerprint density at radius 1 is 1.04 bits per heavy atom. The topological polar surface area (TPSA) is 48.5 Å². The van der Waals surface area contributed by atoms with Crippen LogP contribution in [-0.2, 0) is 4.79 Å². The maximum Gasteiger partial charge on any atom is 0.240 e. The van der Waals surface area contributed by atoms with E-state index in [2.05, 4.69) is 20.1 Å².